The van der Waals surface area contributed by atoms with Crippen molar-refractivity contribution in [3.63, 3.8) is 0 Å². The molecule has 0 aromatic carbocycles. The molecule has 0 fully saturated rings. The second kappa shape index (κ2) is 5.83. The number of aromatic nitrogens is 1. The molecule has 88 valence electrons. The van der Waals surface area contributed by atoms with Gasteiger partial charge >= 0.3 is 0 Å². The van der Waals surface area contributed by atoms with Crippen molar-refractivity contribution >= 4 is 10.8 Å². The molecule has 0 aliphatic rings. The lowest BCUT2D eigenvalue weighted by atomic mass is 10.3. The smallest absolute Gasteiger partial charge is 0.120 e. The molecule has 0 radical (unpaired) electrons. The van der Waals surface area contributed by atoms with Crippen molar-refractivity contribution in [1.29, 1.82) is 5.26 Å². The van der Waals surface area contributed by atoms with E-state index in [1.54, 1.807) is 10.8 Å². The largest absolute Gasteiger partial charge is 0.342 e. The second-order valence-electron chi connectivity index (χ2n) is 3.90. The molecular formula is C11H17N3OS. The van der Waals surface area contributed by atoms with E-state index < -0.39 is 10.8 Å². The van der Waals surface area contributed by atoms with E-state index in [0.717, 1.165) is 12.1 Å². The minimum Gasteiger partial charge on any atom is -0.342 e. The quantitative estimate of drug-likeness (QED) is 0.825. The molecule has 16 heavy (non-hydrogen) atoms. The molecule has 1 N–H and O–H groups in total. The van der Waals surface area contributed by atoms with Gasteiger partial charge in [0.15, 0.2) is 0 Å². The van der Waals surface area contributed by atoms with Gasteiger partial charge in [-0.3, -0.25) is 4.21 Å². The van der Waals surface area contributed by atoms with E-state index in [0.29, 0.717) is 12.2 Å². The number of nitrogens with zero attached hydrogens (tertiary/aromatic N) is 2. The van der Waals surface area contributed by atoms with Crippen LogP contribution in [0, 0.1) is 11.3 Å². The topological polar surface area (TPSA) is 57.8 Å². The SMILES string of the molecule is CC(CNCc1cc(C#N)n(C)c1)S(C)=O. The zero-order chi connectivity index (χ0) is 12.1. The highest BCUT2D eigenvalue weighted by atomic mass is 32.2. The normalized spacial score (nSPS) is 14.4. The van der Waals surface area contributed by atoms with Gasteiger partial charge in [0.2, 0.25) is 0 Å². The van der Waals surface area contributed by atoms with Crippen LogP contribution in [0.2, 0.25) is 0 Å². The molecule has 0 saturated heterocycles. The third-order valence-electron chi connectivity index (χ3n) is 2.50. The lowest BCUT2D eigenvalue weighted by Crippen LogP contribution is -2.27. The molecule has 1 aromatic heterocycles. The Balaban J connectivity index is 2.44. The van der Waals surface area contributed by atoms with E-state index in [2.05, 4.69) is 11.4 Å². The van der Waals surface area contributed by atoms with E-state index in [1.807, 2.05) is 26.2 Å². The number of aryl methyl sites for hydroxylation is 1. The third kappa shape index (κ3) is 3.47. The van der Waals surface area contributed by atoms with Gasteiger partial charge in [0.1, 0.15) is 11.8 Å². The Kier molecular flexibility index (Phi) is 4.71. The Hall–Kier alpha value is -1.12. The first kappa shape index (κ1) is 12.9. The summed E-state index contributed by atoms with van der Waals surface area (Å²) < 4.78 is 12.9. The standard InChI is InChI=1S/C11H17N3OS/c1-9(16(3)15)6-13-7-10-4-11(5-12)14(2)8-10/h4,8-9,13H,6-7H2,1-3H3. The summed E-state index contributed by atoms with van der Waals surface area (Å²) in [6, 6.07) is 3.98. The maximum Gasteiger partial charge on any atom is 0.120 e. The van der Waals surface area contributed by atoms with Crippen molar-refractivity contribution in [1.82, 2.24) is 9.88 Å². The van der Waals surface area contributed by atoms with Crippen molar-refractivity contribution in [3.05, 3.63) is 23.5 Å². The van der Waals surface area contributed by atoms with Gasteiger partial charge in [0.05, 0.1) is 0 Å². The Labute approximate surface area is 98.7 Å². The van der Waals surface area contributed by atoms with Gasteiger partial charge in [-0.2, -0.15) is 5.26 Å². The van der Waals surface area contributed by atoms with E-state index in [1.165, 1.54) is 0 Å². The van der Waals surface area contributed by atoms with Gasteiger partial charge in [-0.15, -0.1) is 0 Å². The van der Waals surface area contributed by atoms with Gasteiger partial charge in [-0.05, 0) is 18.6 Å². The number of nitriles is 1. The van der Waals surface area contributed by atoms with Crippen molar-refractivity contribution < 1.29 is 4.21 Å². The fraction of sp³-hybridized carbons (Fsp3) is 0.545. The summed E-state index contributed by atoms with van der Waals surface area (Å²) in [5, 5.41) is 12.2. The molecule has 2 unspecified atom stereocenters. The first-order valence-corrected chi connectivity index (χ1v) is 6.75. The summed E-state index contributed by atoms with van der Waals surface area (Å²) in [6.07, 6.45) is 3.64. The minimum atomic E-state index is -0.789. The van der Waals surface area contributed by atoms with Gasteiger partial charge in [-0.25, -0.2) is 0 Å². The fourth-order valence-corrected chi connectivity index (χ4v) is 1.73. The molecule has 0 spiro atoms. The van der Waals surface area contributed by atoms with Crippen LogP contribution >= 0.6 is 0 Å². The van der Waals surface area contributed by atoms with Gasteiger partial charge in [-0.1, -0.05) is 0 Å². The van der Waals surface area contributed by atoms with Crippen LogP contribution in [0.3, 0.4) is 0 Å². The van der Waals surface area contributed by atoms with Crippen LogP contribution in [0.1, 0.15) is 18.2 Å². The predicted molar refractivity (Wildman–Crippen MR) is 65.4 cm³/mol. The molecule has 0 amide bonds. The van der Waals surface area contributed by atoms with Crippen molar-refractivity contribution in [2.75, 3.05) is 12.8 Å². The number of hydrogen-bond acceptors (Lipinski definition) is 3. The average Bonchev–Trinajstić information content (AvgIpc) is 2.58. The van der Waals surface area contributed by atoms with Crippen molar-refractivity contribution in [2.45, 2.75) is 18.7 Å². The molecule has 1 aromatic rings. The molecule has 1 heterocycles. The van der Waals surface area contributed by atoms with Crippen molar-refractivity contribution in [2.24, 2.45) is 7.05 Å². The highest BCUT2D eigenvalue weighted by molar-refractivity contribution is 7.84. The number of rotatable bonds is 5. The highest BCUT2D eigenvalue weighted by Gasteiger charge is 2.06. The fourth-order valence-electron chi connectivity index (χ4n) is 1.38. The van der Waals surface area contributed by atoms with E-state index in [4.69, 9.17) is 5.26 Å². The van der Waals surface area contributed by atoms with Crippen LogP contribution in [0.5, 0.6) is 0 Å². The summed E-state index contributed by atoms with van der Waals surface area (Å²) in [6.45, 7) is 3.38. The summed E-state index contributed by atoms with van der Waals surface area (Å²) in [5.74, 6) is 0. The molecule has 1 rings (SSSR count). The zero-order valence-corrected chi connectivity index (χ0v) is 10.7. The Morgan fingerprint density at radius 1 is 1.69 bits per heavy atom. The Bertz CT molecular complexity index is 419. The summed E-state index contributed by atoms with van der Waals surface area (Å²) in [7, 11) is 1.06. The average molecular weight is 239 g/mol. The van der Waals surface area contributed by atoms with Gasteiger partial charge < -0.3 is 9.88 Å². The Morgan fingerprint density at radius 3 is 2.88 bits per heavy atom. The van der Waals surface area contributed by atoms with E-state index in [9.17, 15) is 4.21 Å². The number of hydrogen-bond donors (Lipinski definition) is 1. The molecule has 0 aliphatic carbocycles. The van der Waals surface area contributed by atoms with Crippen LogP contribution in [0.15, 0.2) is 12.3 Å². The molecule has 2 atom stereocenters. The molecular weight excluding hydrogens is 222 g/mol. The lowest BCUT2D eigenvalue weighted by Gasteiger charge is -2.08. The van der Waals surface area contributed by atoms with Crippen LogP contribution in [0.25, 0.3) is 0 Å². The van der Waals surface area contributed by atoms with Gasteiger partial charge in [0, 0.05) is 48.6 Å². The first-order chi connectivity index (χ1) is 7.54. The maximum atomic E-state index is 11.1. The van der Waals surface area contributed by atoms with Crippen LogP contribution < -0.4 is 5.32 Å². The van der Waals surface area contributed by atoms with Gasteiger partial charge in [0.25, 0.3) is 0 Å². The molecule has 5 heteroatoms. The molecule has 0 saturated carbocycles. The van der Waals surface area contributed by atoms with Crippen LogP contribution in [-0.2, 0) is 24.4 Å². The zero-order valence-electron chi connectivity index (χ0n) is 9.86. The molecule has 4 nitrogen and oxygen atoms in total. The van der Waals surface area contributed by atoms with E-state index in [-0.39, 0.29) is 5.25 Å². The number of nitrogens with one attached hydrogen (secondary N) is 1. The monoisotopic (exact) mass is 239 g/mol. The Morgan fingerprint density at radius 2 is 2.38 bits per heavy atom. The van der Waals surface area contributed by atoms with Crippen LogP contribution in [0.4, 0.5) is 0 Å². The van der Waals surface area contributed by atoms with Crippen molar-refractivity contribution in [3.8, 4) is 6.07 Å². The van der Waals surface area contributed by atoms with Crippen LogP contribution in [-0.4, -0.2) is 26.8 Å². The maximum absolute atomic E-state index is 11.1. The lowest BCUT2D eigenvalue weighted by molar-refractivity contribution is 0.647. The van der Waals surface area contributed by atoms with E-state index >= 15 is 0 Å². The summed E-state index contributed by atoms with van der Waals surface area (Å²) in [4.78, 5) is 0. The predicted octanol–water partition coefficient (Wildman–Crippen LogP) is 0.753. The summed E-state index contributed by atoms with van der Waals surface area (Å²) in [5.41, 5.74) is 1.73. The molecule has 0 bridgehead atoms. The summed E-state index contributed by atoms with van der Waals surface area (Å²) >= 11 is 0. The minimum absolute atomic E-state index is 0.152. The first-order valence-electron chi connectivity index (χ1n) is 5.13. The third-order valence-corrected chi connectivity index (χ3v) is 3.80. The highest BCUT2D eigenvalue weighted by Crippen LogP contribution is 2.05. The molecule has 0 aliphatic heterocycles. The second-order valence-corrected chi connectivity index (χ2v) is 5.70.